The Bertz CT molecular complexity index is 385. The Morgan fingerprint density at radius 3 is 2.48 bits per heavy atom. The molecule has 1 N–H and O–H groups in total. The quantitative estimate of drug-likeness (QED) is 0.782. The van der Waals surface area contributed by atoms with Gasteiger partial charge < -0.3 is 14.8 Å². The molecule has 1 aliphatic rings. The van der Waals surface area contributed by atoms with Crippen LogP contribution in [0, 0.1) is 0 Å². The molecule has 1 aromatic carbocycles. The third kappa shape index (κ3) is 5.33. The van der Waals surface area contributed by atoms with Gasteiger partial charge in [0, 0.05) is 0 Å². The van der Waals surface area contributed by atoms with Gasteiger partial charge in [0.25, 0.3) is 0 Å². The second-order valence-electron chi connectivity index (χ2n) is 5.87. The number of hydrogen-bond donors (Lipinski definition) is 1. The maximum absolute atomic E-state index is 6.16. The van der Waals surface area contributed by atoms with Crippen molar-refractivity contribution in [3.8, 4) is 5.75 Å². The minimum Gasteiger partial charge on any atom is -0.497 e. The lowest BCUT2D eigenvalue weighted by Gasteiger charge is -2.26. The molecule has 0 bridgehead atoms. The standard InChI is InChI=1S/C18H29NO2/c1-3-13-19-18(14-21-17-7-5-4-6-8-17)15-9-11-16(20-2)12-10-15/h9-12,17-19H,3-8,13-14H2,1-2H3. The summed E-state index contributed by atoms with van der Waals surface area (Å²) in [5.74, 6) is 0.904. The molecule has 1 atom stereocenters. The highest BCUT2D eigenvalue weighted by Crippen LogP contribution is 2.23. The Labute approximate surface area is 129 Å². The van der Waals surface area contributed by atoms with E-state index >= 15 is 0 Å². The van der Waals surface area contributed by atoms with Crippen molar-refractivity contribution in [1.29, 1.82) is 0 Å². The van der Waals surface area contributed by atoms with Gasteiger partial charge in [-0.05, 0) is 43.5 Å². The number of ether oxygens (including phenoxy) is 2. The van der Waals surface area contributed by atoms with Crippen molar-refractivity contribution in [1.82, 2.24) is 5.32 Å². The van der Waals surface area contributed by atoms with E-state index in [0.717, 1.165) is 25.3 Å². The fourth-order valence-electron chi connectivity index (χ4n) is 2.89. The average Bonchev–Trinajstić information content (AvgIpc) is 2.56. The van der Waals surface area contributed by atoms with E-state index in [1.807, 2.05) is 12.1 Å². The second-order valence-corrected chi connectivity index (χ2v) is 5.87. The van der Waals surface area contributed by atoms with Crippen LogP contribution in [0.4, 0.5) is 0 Å². The van der Waals surface area contributed by atoms with Gasteiger partial charge in [-0.25, -0.2) is 0 Å². The van der Waals surface area contributed by atoms with Crippen molar-refractivity contribution in [2.24, 2.45) is 0 Å². The highest BCUT2D eigenvalue weighted by atomic mass is 16.5. The van der Waals surface area contributed by atoms with E-state index < -0.39 is 0 Å². The Balaban J connectivity index is 1.91. The van der Waals surface area contributed by atoms with Gasteiger partial charge in [-0.15, -0.1) is 0 Å². The van der Waals surface area contributed by atoms with E-state index in [4.69, 9.17) is 9.47 Å². The van der Waals surface area contributed by atoms with Gasteiger partial charge >= 0.3 is 0 Å². The number of methoxy groups -OCH3 is 1. The topological polar surface area (TPSA) is 30.5 Å². The molecule has 0 aliphatic heterocycles. The summed E-state index contributed by atoms with van der Waals surface area (Å²) in [6.45, 7) is 3.97. The lowest BCUT2D eigenvalue weighted by Crippen LogP contribution is -2.29. The van der Waals surface area contributed by atoms with Gasteiger partial charge in [0.15, 0.2) is 0 Å². The van der Waals surface area contributed by atoms with E-state index in [-0.39, 0.29) is 6.04 Å². The second kappa shape index (κ2) is 9.06. The molecule has 118 valence electrons. The monoisotopic (exact) mass is 291 g/mol. The molecule has 1 fully saturated rings. The van der Waals surface area contributed by atoms with Crippen LogP contribution in [0.5, 0.6) is 5.75 Å². The van der Waals surface area contributed by atoms with Crippen LogP contribution in [0.2, 0.25) is 0 Å². The molecule has 0 saturated heterocycles. The first-order valence-corrected chi connectivity index (χ1v) is 8.32. The van der Waals surface area contributed by atoms with Gasteiger partial charge in [0.2, 0.25) is 0 Å². The minimum atomic E-state index is 0.276. The first-order valence-electron chi connectivity index (χ1n) is 8.32. The van der Waals surface area contributed by atoms with Crippen LogP contribution in [0.25, 0.3) is 0 Å². The summed E-state index contributed by atoms with van der Waals surface area (Å²) in [4.78, 5) is 0. The summed E-state index contributed by atoms with van der Waals surface area (Å²) >= 11 is 0. The molecule has 0 aromatic heterocycles. The number of hydrogen-bond acceptors (Lipinski definition) is 3. The Morgan fingerprint density at radius 2 is 1.86 bits per heavy atom. The molecule has 1 aliphatic carbocycles. The van der Waals surface area contributed by atoms with E-state index in [9.17, 15) is 0 Å². The first-order chi connectivity index (χ1) is 10.3. The zero-order valence-electron chi connectivity index (χ0n) is 13.4. The van der Waals surface area contributed by atoms with E-state index in [1.54, 1.807) is 7.11 Å². The summed E-state index contributed by atoms with van der Waals surface area (Å²) in [7, 11) is 1.70. The molecule has 1 aromatic rings. The predicted molar refractivity (Wildman–Crippen MR) is 86.9 cm³/mol. The maximum Gasteiger partial charge on any atom is 0.118 e. The van der Waals surface area contributed by atoms with Crippen molar-refractivity contribution in [2.75, 3.05) is 20.3 Å². The summed E-state index contributed by atoms with van der Waals surface area (Å²) in [6, 6.07) is 8.60. The molecular weight excluding hydrogens is 262 g/mol. The van der Waals surface area contributed by atoms with Crippen molar-refractivity contribution < 1.29 is 9.47 Å². The number of nitrogens with one attached hydrogen (secondary N) is 1. The Morgan fingerprint density at radius 1 is 1.14 bits per heavy atom. The molecule has 0 spiro atoms. The number of rotatable bonds is 8. The molecule has 3 nitrogen and oxygen atoms in total. The van der Waals surface area contributed by atoms with Crippen molar-refractivity contribution >= 4 is 0 Å². The van der Waals surface area contributed by atoms with E-state index in [0.29, 0.717) is 6.10 Å². The largest absolute Gasteiger partial charge is 0.497 e. The van der Waals surface area contributed by atoms with Crippen LogP contribution >= 0.6 is 0 Å². The third-order valence-corrected chi connectivity index (χ3v) is 4.21. The molecule has 3 heteroatoms. The zero-order chi connectivity index (χ0) is 14.9. The highest BCUT2D eigenvalue weighted by molar-refractivity contribution is 5.29. The van der Waals surface area contributed by atoms with Crippen molar-refractivity contribution in [3.05, 3.63) is 29.8 Å². The molecular formula is C18H29NO2. The molecule has 1 unspecified atom stereocenters. The molecule has 21 heavy (non-hydrogen) atoms. The third-order valence-electron chi connectivity index (χ3n) is 4.21. The van der Waals surface area contributed by atoms with Crippen molar-refractivity contribution in [2.45, 2.75) is 57.6 Å². The Hall–Kier alpha value is -1.06. The first kappa shape index (κ1) is 16.3. The van der Waals surface area contributed by atoms with Crippen LogP contribution in [0.15, 0.2) is 24.3 Å². The van der Waals surface area contributed by atoms with Crippen molar-refractivity contribution in [3.63, 3.8) is 0 Å². The van der Waals surface area contributed by atoms with Crippen LogP contribution in [0.1, 0.15) is 57.1 Å². The summed E-state index contributed by atoms with van der Waals surface area (Å²) in [5.41, 5.74) is 1.28. The fraction of sp³-hybridized carbons (Fsp3) is 0.667. The highest BCUT2D eigenvalue weighted by Gasteiger charge is 2.17. The Kier molecular flexibility index (Phi) is 7.04. The molecule has 0 radical (unpaired) electrons. The lowest BCUT2D eigenvalue weighted by molar-refractivity contribution is 0.0156. The smallest absolute Gasteiger partial charge is 0.118 e. The maximum atomic E-state index is 6.16. The molecule has 2 rings (SSSR count). The van der Waals surface area contributed by atoms with Gasteiger partial charge in [0.05, 0.1) is 25.9 Å². The average molecular weight is 291 g/mol. The molecule has 0 amide bonds. The predicted octanol–water partition coefficient (Wildman–Crippen LogP) is 4.09. The minimum absolute atomic E-state index is 0.276. The number of benzene rings is 1. The van der Waals surface area contributed by atoms with E-state index in [1.165, 1.54) is 37.7 Å². The van der Waals surface area contributed by atoms with Gasteiger partial charge in [-0.3, -0.25) is 0 Å². The fourth-order valence-corrected chi connectivity index (χ4v) is 2.89. The molecule has 1 saturated carbocycles. The van der Waals surface area contributed by atoms with Crippen LogP contribution < -0.4 is 10.1 Å². The summed E-state index contributed by atoms with van der Waals surface area (Å²) in [6.07, 6.45) is 8.06. The van der Waals surface area contributed by atoms with Gasteiger partial charge in [0.1, 0.15) is 5.75 Å². The van der Waals surface area contributed by atoms with Crippen LogP contribution in [-0.2, 0) is 4.74 Å². The normalized spacial score (nSPS) is 17.6. The lowest BCUT2D eigenvalue weighted by atomic mass is 9.97. The zero-order valence-corrected chi connectivity index (χ0v) is 13.4. The summed E-state index contributed by atoms with van der Waals surface area (Å²) in [5, 5.41) is 3.60. The van der Waals surface area contributed by atoms with E-state index in [2.05, 4.69) is 24.4 Å². The van der Waals surface area contributed by atoms with Crippen LogP contribution in [0.3, 0.4) is 0 Å². The summed E-state index contributed by atoms with van der Waals surface area (Å²) < 4.78 is 11.4. The van der Waals surface area contributed by atoms with Gasteiger partial charge in [-0.2, -0.15) is 0 Å². The SMILES string of the molecule is CCCNC(COC1CCCCC1)c1ccc(OC)cc1. The van der Waals surface area contributed by atoms with Gasteiger partial charge in [-0.1, -0.05) is 38.3 Å². The van der Waals surface area contributed by atoms with Crippen LogP contribution in [-0.4, -0.2) is 26.4 Å². The molecule has 0 heterocycles.